The molecular weight excluding hydrogens is 196 g/mol. The van der Waals surface area contributed by atoms with Gasteiger partial charge in [-0.2, -0.15) is 0 Å². The Hall–Kier alpha value is -1.39. The average molecular weight is 210 g/mol. The molecule has 15 heavy (non-hydrogen) atoms. The third-order valence-corrected chi connectivity index (χ3v) is 3.18. The van der Waals surface area contributed by atoms with Gasteiger partial charge < -0.3 is 5.32 Å². The van der Waals surface area contributed by atoms with Gasteiger partial charge in [0, 0.05) is 12.8 Å². The van der Waals surface area contributed by atoms with Gasteiger partial charge in [0.05, 0.1) is 12.6 Å². The molecule has 1 aliphatic carbocycles. The Balaban J connectivity index is 2.17. The number of amides is 3. The molecule has 0 aromatic rings. The lowest BCUT2D eigenvalue weighted by Crippen LogP contribution is -2.47. The summed E-state index contributed by atoms with van der Waals surface area (Å²) in [6.45, 7) is 2.05. The Kier molecular flexibility index (Phi) is 2.46. The van der Waals surface area contributed by atoms with Gasteiger partial charge in [-0.25, -0.2) is 4.79 Å². The summed E-state index contributed by atoms with van der Waals surface area (Å²) < 4.78 is 0. The van der Waals surface area contributed by atoms with Crippen LogP contribution in [0.15, 0.2) is 0 Å². The highest BCUT2D eigenvalue weighted by Gasteiger charge is 2.40. The van der Waals surface area contributed by atoms with E-state index in [0.717, 1.165) is 6.42 Å². The van der Waals surface area contributed by atoms with E-state index in [9.17, 15) is 14.4 Å². The second-order valence-corrected chi connectivity index (χ2v) is 4.25. The zero-order valence-corrected chi connectivity index (χ0v) is 8.66. The first-order valence-electron chi connectivity index (χ1n) is 5.21. The van der Waals surface area contributed by atoms with Gasteiger partial charge in [0.25, 0.3) is 0 Å². The van der Waals surface area contributed by atoms with E-state index in [1.54, 1.807) is 0 Å². The molecule has 2 atom stereocenters. The summed E-state index contributed by atoms with van der Waals surface area (Å²) in [6, 6.07) is -0.590. The molecule has 5 nitrogen and oxygen atoms in total. The van der Waals surface area contributed by atoms with E-state index in [1.165, 1.54) is 4.90 Å². The lowest BCUT2D eigenvalue weighted by atomic mass is 9.84. The van der Waals surface area contributed by atoms with Crippen LogP contribution in [-0.4, -0.2) is 35.2 Å². The van der Waals surface area contributed by atoms with Crippen LogP contribution in [0, 0.1) is 5.92 Å². The molecule has 0 bridgehead atoms. The lowest BCUT2D eigenvalue weighted by molar-refractivity contribution is -0.130. The van der Waals surface area contributed by atoms with Crippen molar-refractivity contribution in [2.24, 2.45) is 5.92 Å². The molecule has 82 valence electrons. The normalized spacial score (nSPS) is 32.1. The van der Waals surface area contributed by atoms with E-state index in [1.807, 2.05) is 6.92 Å². The summed E-state index contributed by atoms with van der Waals surface area (Å²) in [5.74, 6) is 0.146. The molecule has 3 amide bonds. The first-order valence-corrected chi connectivity index (χ1v) is 5.21. The molecular formula is C10H14N2O3. The molecule has 1 heterocycles. The monoisotopic (exact) mass is 210 g/mol. The lowest BCUT2D eigenvalue weighted by Gasteiger charge is -2.33. The van der Waals surface area contributed by atoms with Gasteiger partial charge in [0.2, 0.25) is 5.91 Å². The fourth-order valence-electron chi connectivity index (χ4n) is 2.23. The van der Waals surface area contributed by atoms with Gasteiger partial charge >= 0.3 is 6.03 Å². The molecule has 1 saturated carbocycles. The zero-order chi connectivity index (χ0) is 11.0. The minimum absolute atomic E-state index is 0.0657. The Morgan fingerprint density at radius 1 is 1.33 bits per heavy atom. The van der Waals surface area contributed by atoms with E-state index < -0.39 is 0 Å². The van der Waals surface area contributed by atoms with Crippen molar-refractivity contribution in [1.82, 2.24) is 10.2 Å². The van der Waals surface area contributed by atoms with Crippen molar-refractivity contribution in [2.75, 3.05) is 6.54 Å². The number of urea groups is 1. The first kappa shape index (κ1) is 10.1. The molecule has 0 aromatic carbocycles. The number of carbonyl (C=O) groups is 3. The molecule has 5 heteroatoms. The van der Waals surface area contributed by atoms with Crippen molar-refractivity contribution >= 4 is 17.7 Å². The predicted octanol–water partition coefficient (Wildman–Crippen LogP) is 0.296. The van der Waals surface area contributed by atoms with Crippen molar-refractivity contribution in [3.63, 3.8) is 0 Å². The highest BCUT2D eigenvalue weighted by atomic mass is 16.2. The molecule has 1 aliphatic heterocycles. The Bertz CT molecular complexity index is 311. The molecule has 0 radical (unpaired) electrons. The number of imide groups is 1. The molecule has 1 saturated heterocycles. The Labute approximate surface area is 87.8 Å². The van der Waals surface area contributed by atoms with Crippen LogP contribution in [0.1, 0.15) is 26.2 Å². The van der Waals surface area contributed by atoms with E-state index in [-0.39, 0.29) is 36.2 Å². The largest absolute Gasteiger partial charge is 0.329 e. The summed E-state index contributed by atoms with van der Waals surface area (Å²) in [5, 5.41) is 2.48. The number of nitrogens with one attached hydrogen (secondary N) is 1. The first-order chi connectivity index (χ1) is 7.09. The van der Waals surface area contributed by atoms with E-state index in [2.05, 4.69) is 5.32 Å². The van der Waals surface area contributed by atoms with Crippen molar-refractivity contribution in [1.29, 1.82) is 0 Å². The number of hydrogen-bond acceptors (Lipinski definition) is 3. The summed E-state index contributed by atoms with van der Waals surface area (Å²) in [7, 11) is 0. The number of ketones is 1. The molecule has 0 spiro atoms. The van der Waals surface area contributed by atoms with Gasteiger partial charge in [-0.1, -0.05) is 6.92 Å². The average Bonchev–Trinajstić information content (AvgIpc) is 2.51. The predicted molar refractivity (Wildman–Crippen MR) is 52.1 cm³/mol. The smallest absolute Gasteiger partial charge is 0.324 e. The minimum Gasteiger partial charge on any atom is -0.329 e. The standard InChI is InChI=1S/C10H14N2O3/c1-6-2-3-7(13)4-8(6)12-9(14)5-11-10(12)15/h6,8H,2-5H2,1H3,(H,11,15). The van der Waals surface area contributed by atoms with Gasteiger partial charge in [-0.15, -0.1) is 0 Å². The Morgan fingerprint density at radius 3 is 2.67 bits per heavy atom. The van der Waals surface area contributed by atoms with Crippen LogP contribution >= 0.6 is 0 Å². The molecule has 2 unspecified atom stereocenters. The Morgan fingerprint density at radius 2 is 2.07 bits per heavy atom. The molecule has 2 fully saturated rings. The van der Waals surface area contributed by atoms with Gasteiger partial charge in [-0.3, -0.25) is 14.5 Å². The van der Waals surface area contributed by atoms with E-state index in [4.69, 9.17) is 0 Å². The fourth-order valence-corrected chi connectivity index (χ4v) is 2.23. The summed E-state index contributed by atoms with van der Waals surface area (Å²) in [4.78, 5) is 35.4. The van der Waals surface area contributed by atoms with Crippen molar-refractivity contribution < 1.29 is 14.4 Å². The SMILES string of the molecule is CC1CCC(=O)CC1N1C(=O)CNC1=O. The van der Waals surface area contributed by atoms with Crippen molar-refractivity contribution in [3.05, 3.63) is 0 Å². The quantitative estimate of drug-likeness (QED) is 0.633. The fraction of sp³-hybridized carbons (Fsp3) is 0.700. The summed E-state index contributed by atoms with van der Waals surface area (Å²) in [5.41, 5.74) is 0. The van der Waals surface area contributed by atoms with Crippen molar-refractivity contribution in [2.45, 2.75) is 32.2 Å². The highest BCUT2D eigenvalue weighted by Crippen LogP contribution is 2.27. The van der Waals surface area contributed by atoms with Gasteiger partial charge in [0.1, 0.15) is 5.78 Å². The van der Waals surface area contributed by atoms with Crippen LogP contribution in [0.5, 0.6) is 0 Å². The van der Waals surface area contributed by atoms with E-state index in [0.29, 0.717) is 12.8 Å². The number of Topliss-reactive ketones (excluding diaryl/α,β-unsaturated/α-hetero) is 1. The molecule has 1 N–H and O–H groups in total. The van der Waals surface area contributed by atoms with Gasteiger partial charge in [-0.05, 0) is 12.3 Å². The summed E-state index contributed by atoms with van der Waals surface area (Å²) >= 11 is 0. The molecule has 0 aromatic heterocycles. The van der Waals surface area contributed by atoms with Crippen LogP contribution in [0.3, 0.4) is 0 Å². The minimum atomic E-state index is -0.355. The number of carbonyl (C=O) groups excluding carboxylic acids is 3. The summed E-state index contributed by atoms with van der Waals surface area (Å²) in [6.07, 6.45) is 1.65. The van der Waals surface area contributed by atoms with Crippen LogP contribution < -0.4 is 5.32 Å². The maximum Gasteiger partial charge on any atom is 0.324 e. The third kappa shape index (κ3) is 1.73. The maximum atomic E-state index is 11.5. The van der Waals surface area contributed by atoms with Crippen LogP contribution in [0.2, 0.25) is 0 Å². The van der Waals surface area contributed by atoms with Gasteiger partial charge in [0.15, 0.2) is 0 Å². The second-order valence-electron chi connectivity index (χ2n) is 4.25. The molecule has 2 aliphatic rings. The van der Waals surface area contributed by atoms with Crippen molar-refractivity contribution in [3.8, 4) is 0 Å². The molecule has 2 rings (SSSR count). The van der Waals surface area contributed by atoms with Crippen LogP contribution in [-0.2, 0) is 9.59 Å². The maximum absolute atomic E-state index is 11.5. The zero-order valence-electron chi connectivity index (χ0n) is 8.66. The van der Waals surface area contributed by atoms with Crippen LogP contribution in [0.4, 0.5) is 4.79 Å². The van der Waals surface area contributed by atoms with Crippen LogP contribution in [0.25, 0.3) is 0 Å². The second kappa shape index (κ2) is 3.64. The third-order valence-electron chi connectivity index (χ3n) is 3.18. The number of rotatable bonds is 1. The number of nitrogens with zero attached hydrogens (tertiary/aromatic N) is 1. The van der Waals surface area contributed by atoms with E-state index >= 15 is 0 Å². The highest BCUT2D eigenvalue weighted by molar-refractivity contribution is 6.02. The number of hydrogen-bond donors (Lipinski definition) is 1. The topological polar surface area (TPSA) is 66.5 Å².